The monoisotopic (exact) mass is 375 g/mol. The van der Waals surface area contributed by atoms with E-state index in [1.54, 1.807) is 6.07 Å². The third-order valence-corrected chi connectivity index (χ3v) is 5.72. The Balaban J connectivity index is 1.64. The van der Waals surface area contributed by atoms with E-state index in [1.807, 2.05) is 24.8 Å². The summed E-state index contributed by atoms with van der Waals surface area (Å²) in [5.41, 5.74) is 0.225. The molecule has 1 aromatic rings. The number of amides is 2. The zero-order valence-corrected chi connectivity index (χ0v) is 16.3. The Morgan fingerprint density at radius 2 is 1.81 bits per heavy atom. The highest BCUT2D eigenvalue weighted by Gasteiger charge is 2.45. The topological polar surface area (TPSA) is 52.7 Å². The fraction of sp³-hybridized carbons (Fsp3) is 0.619. The van der Waals surface area contributed by atoms with Crippen molar-refractivity contribution in [1.29, 1.82) is 0 Å². The zero-order valence-electron chi connectivity index (χ0n) is 16.3. The molecule has 27 heavy (non-hydrogen) atoms. The van der Waals surface area contributed by atoms with Crippen molar-refractivity contribution < 1.29 is 14.0 Å². The van der Waals surface area contributed by atoms with E-state index in [4.69, 9.17) is 0 Å². The molecule has 2 fully saturated rings. The van der Waals surface area contributed by atoms with Crippen molar-refractivity contribution in [3.05, 3.63) is 35.6 Å². The van der Waals surface area contributed by atoms with Crippen LogP contribution in [0.3, 0.4) is 0 Å². The van der Waals surface area contributed by atoms with Crippen molar-refractivity contribution in [2.24, 2.45) is 0 Å². The van der Waals surface area contributed by atoms with E-state index in [-0.39, 0.29) is 23.7 Å². The van der Waals surface area contributed by atoms with Gasteiger partial charge in [0.25, 0.3) is 0 Å². The van der Waals surface area contributed by atoms with Gasteiger partial charge in [0, 0.05) is 32.2 Å². The first-order valence-corrected chi connectivity index (χ1v) is 9.98. The molecule has 1 aliphatic heterocycles. The van der Waals surface area contributed by atoms with Crippen LogP contribution in [0.15, 0.2) is 24.3 Å². The van der Waals surface area contributed by atoms with E-state index in [0.29, 0.717) is 32.7 Å². The number of hydrogen-bond donors (Lipinski definition) is 1. The Labute approximate surface area is 160 Å². The van der Waals surface area contributed by atoms with Gasteiger partial charge in [-0.2, -0.15) is 0 Å². The van der Waals surface area contributed by atoms with Crippen molar-refractivity contribution in [2.45, 2.75) is 51.0 Å². The second kappa shape index (κ2) is 8.38. The first-order valence-electron chi connectivity index (χ1n) is 9.98. The van der Waals surface area contributed by atoms with Gasteiger partial charge in [-0.1, -0.05) is 25.0 Å². The highest BCUT2D eigenvalue weighted by atomic mass is 19.1. The lowest BCUT2D eigenvalue weighted by Gasteiger charge is -2.40. The van der Waals surface area contributed by atoms with Crippen LogP contribution in [0.25, 0.3) is 0 Å². The molecule has 5 nitrogen and oxygen atoms in total. The Kier molecular flexibility index (Phi) is 6.15. The van der Waals surface area contributed by atoms with Gasteiger partial charge in [0.1, 0.15) is 5.82 Å². The van der Waals surface area contributed by atoms with Gasteiger partial charge >= 0.3 is 0 Å². The largest absolute Gasteiger partial charge is 0.353 e. The van der Waals surface area contributed by atoms with E-state index < -0.39 is 5.41 Å². The molecule has 0 bridgehead atoms. The summed E-state index contributed by atoms with van der Waals surface area (Å²) in [5, 5.41) is 2.90. The molecule has 0 atom stereocenters. The predicted molar refractivity (Wildman–Crippen MR) is 103 cm³/mol. The number of piperazine rings is 1. The Hall–Kier alpha value is -1.95. The van der Waals surface area contributed by atoms with Crippen LogP contribution in [0.1, 0.15) is 45.1 Å². The average Bonchev–Trinajstić information content (AvgIpc) is 3.12. The predicted octanol–water partition coefficient (Wildman–Crippen LogP) is 2.31. The summed E-state index contributed by atoms with van der Waals surface area (Å²) < 4.78 is 13.8. The molecule has 2 aliphatic rings. The van der Waals surface area contributed by atoms with Crippen LogP contribution < -0.4 is 5.32 Å². The summed E-state index contributed by atoms with van der Waals surface area (Å²) in [6.45, 7) is 6.88. The molecule has 2 amide bonds. The van der Waals surface area contributed by atoms with Crippen LogP contribution in [0, 0.1) is 5.82 Å². The first kappa shape index (κ1) is 19.8. The number of nitrogens with zero attached hydrogens (tertiary/aromatic N) is 2. The summed E-state index contributed by atoms with van der Waals surface area (Å²) in [6, 6.07) is 6.67. The van der Waals surface area contributed by atoms with Crippen LogP contribution in [-0.4, -0.2) is 60.4 Å². The third kappa shape index (κ3) is 4.49. The SMILES string of the molecule is CC(C)NC(=O)CN1CCN(C(=O)C2(c3cccc(F)c3)CCCC2)CC1. The first-order chi connectivity index (χ1) is 12.9. The summed E-state index contributed by atoms with van der Waals surface area (Å²) in [5.74, 6) is -0.138. The van der Waals surface area contributed by atoms with Crippen molar-refractivity contribution >= 4 is 11.8 Å². The molecular weight excluding hydrogens is 345 g/mol. The van der Waals surface area contributed by atoms with Gasteiger partial charge in [-0.05, 0) is 44.4 Å². The number of carbonyl (C=O) groups excluding carboxylic acids is 2. The summed E-state index contributed by atoms with van der Waals surface area (Å²) in [6.07, 6.45) is 3.56. The molecule has 0 unspecified atom stereocenters. The number of rotatable bonds is 5. The van der Waals surface area contributed by atoms with Crippen LogP contribution in [0.2, 0.25) is 0 Å². The molecule has 0 aromatic heterocycles. The van der Waals surface area contributed by atoms with Gasteiger partial charge in [0.15, 0.2) is 0 Å². The maximum Gasteiger partial charge on any atom is 0.234 e. The molecule has 6 heteroatoms. The molecule has 1 heterocycles. The van der Waals surface area contributed by atoms with E-state index >= 15 is 0 Å². The fourth-order valence-corrected chi connectivity index (χ4v) is 4.37. The van der Waals surface area contributed by atoms with Crippen molar-refractivity contribution in [2.75, 3.05) is 32.7 Å². The molecule has 0 spiro atoms. The van der Waals surface area contributed by atoms with Crippen LogP contribution in [0.4, 0.5) is 4.39 Å². The zero-order chi connectivity index (χ0) is 19.4. The Morgan fingerprint density at radius 3 is 2.41 bits per heavy atom. The molecule has 1 aromatic carbocycles. The van der Waals surface area contributed by atoms with E-state index in [9.17, 15) is 14.0 Å². The molecular formula is C21H30FN3O2. The standard InChI is InChI=1S/C21H30FN3O2/c1-16(2)23-19(26)15-24-10-12-25(13-11-24)20(27)21(8-3-4-9-21)17-6-5-7-18(22)14-17/h5-7,14,16H,3-4,8-13,15H2,1-2H3,(H,23,26). The van der Waals surface area contributed by atoms with Gasteiger partial charge in [-0.15, -0.1) is 0 Å². The van der Waals surface area contributed by atoms with Gasteiger partial charge in [0.2, 0.25) is 11.8 Å². The lowest BCUT2D eigenvalue weighted by Crippen LogP contribution is -2.55. The minimum Gasteiger partial charge on any atom is -0.353 e. The second-order valence-electron chi connectivity index (χ2n) is 8.09. The molecule has 1 aliphatic carbocycles. The summed E-state index contributed by atoms with van der Waals surface area (Å²) in [4.78, 5) is 29.4. The van der Waals surface area contributed by atoms with Gasteiger partial charge in [-0.25, -0.2) is 4.39 Å². The van der Waals surface area contributed by atoms with Gasteiger partial charge < -0.3 is 10.2 Å². The van der Waals surface area contributed by atoms with Gasteiger partial charge in [-0.3, -0.25) is 14.5 Å². The number of hydrogen-bond acceptors (Lipinski definition) is 3. The Bertz CT molecular complexity index is 678. The number of halogens is 1. The molecule has 3 rings (SSSR count). The van der Waals surface area contributed by atoms with Crippen LogP contribution in [-0.2, 0) is 15.0 Å². The van der Waals surface area contributed by atoms with Crippen molar-refractivity contribution in [1.82, 2.24) is 15.1 Å². The summed E-state index contributed by atoms with van der Waals surface area (Å²) in [7, 11) is 0. The minimum atomic E-state index is -0.584. The van der Waals surface area contributed by atoms with Gasteiger partial charge in [0.05, 0.1) is 12.0 Å². The van der Waals surface area contributed by atoms with Crippen molar-refractivity contribution in [3.8, 4) is 0 Å². The molecule has 1 saturated heterocycles. The maximum atomic E-state index is 13.8. The minimum absolute atomic E-state index is 0.0248. The molecule has 1 saturated carbocycles. The normalized spacial score (nSPS) is 20.1. The molecule has 148 valence electrons. The third-order valence-electron chi connectivity index (χ3n) is 5.72. The Morgan fingerprint density at radius 1 is 1.15 bits per heavy atom. The van der Waals surface area contributed by atoms with Crippen molar-refractivity contribution in [3.63, 3.8) is 0 Å². The maximum absolute atomic E-state index is 13.8. The van der Waals surface area contributed by atoms with Crippen LogP contribution >= 0.6 is 0 Å². The van der Waals surface area contributed by atoms with E-state index in [1.165, 1.54) is 12.1 Å². The molecule has 1 N–H and O–H groups in total. The summed E-state index contributed by atoms with van der Waals surface area (Å²) >= 11 is 0. The second-order valence-corrected chi connectivity index (χ2v) is 8.09. The van der Waals surface area contributed by atoms with Crippen LogP contribution in [0.5, 0.6) is 0 Å². The van der Waals surface area contributed by atoms with E-state index in [0.717, 1.165) is 31.2 Å². The van der Waals surface area contributed by atoms with E-state index in [2.05, 4.69) is 10.2 Å². The lowest BCUT2D eigenvalue weighted by atomic mass is 9.77. The fourth-order valence-electron chi connectivity index (χ4n) is 4.37. The smallest absolute Gasteiger partial charge is 0.234 e. The highest BCUT2D eigenvalue weighted by molar-refractivity contribution is 5.89. The average molecular weight is 375 g/mol. The number of benzene rings is 1. The lowest BCUT2D eigenvalue weighted by molar-refractivity contribution is -0.139. The highest BCUT2D eigenvalue weighted by Crippen LogP contribution is 2.43. The quantitative estimate of drug-likeness (QED) is 0.859. The number of nitrogens with one attached hydrogen (secondary N) is 1. The number of carbonyl (C=O) groups is 2. The molecule has 0 radical (unpaired) electrons.